The van der Waals surface area contributed by atoms with E-state index in [0.29, 0.717) is 18.9 Å². The molecule has 0 bridgehead atoms. The molecule has 1 aromatic carbocycles. The highest BCUT2D eigenvalue weighted by molar-refractivity contribution is 5.85. The largest absolute Gasteiger partial charge is 0.349 e. The van der Waals surface area contributed by atoms with E-state index in [9.17, 15) is 18.4 Å². The Morgan fingerprint density at radius 2 is 1.88 bits per heavy atom. The molecule has 3 N–H and O–H groups in total. The SMILES string of the molecule is CC(=O)NC(CC(=O)N(C)CCC(N)C(C)C)c1ccc(F)cc1F.Cl. The van der Waals surface area contributed by atoms with Crippen molar-refractivity contribution in [3.63, 3.8) is 0 Å². The van der Waals surface area contributed by atoms with Crippen LogP contribution < -0.4 is 11.1 Å². The van der Waals surface area contributed by atoms with Crippen LogP contribution in [0.3, 0.4) is 0 Å². The van der Waals surface area contributed by atoms with Crippen molar-refractivity contribution >= 4 is 24.2 Å². The summed E-state index contributed by atoms with van der Waals surface area (Å²) in [5, 5.41) is 2.55. The molecule has 2 unspecified atom stereocenters. The van der Waals surface area contributed by atoms with Gasteiger partial charge in [0.1, 0.15) is 11.6 Å². The lowest BCUT2D eigenvalue weighted by Crippen LogP contribution is -2.37. The number of nitrogens with zero attached hydrogens (tertiary/aromatic N) is 1. The Kier molecular flexibility index (Phi) is 10.3. The Morgan fingerprint density at radius 3 is 2.38 bits per heavy atom. The Labute approximate surface area is 159 Å². The second-order valence-corrected chi connectivity index (χ2v) is 6.63. The molecule has 0 aromatic heterocycles. The Balaban J connectivity index is 0.00000625. The number of hydrogen-bond donors (Lipinski definition) is 2. The lowest BCUT2D eigenvalue weighted by Gasteiger charge is -2.24. The van der Waals surface area contributed by atoms with Crippen molar-refractivity contribution in [1.29, 1.82) is 0 Å². The number of halogens is 3. The summed E-state index contributed by atoms with van der Waals surface area (Å²) in [6.07, 6.45) is 0.533. The molecule has 2 amide bonds. The first-order chi connectivity index (χ1) is 11.6. The third kappa shape index (κ3) is 7.66. The zero-order valence-electron chi connectivity index (χ0n) is 15.6. The fraction of sp³-hybridized carbons (Fsp3) is 0.556. The molecule has 8 heteroatoms. The quantitative estimate of drug-likeness (QED) is 0.715. The van der Waals surface area contributed by atoms with Crippen LogP contribution in [-0.4, -0.2) is 36.3 Å². The van der Waals surface area contributed by atoms with Crippen LogP contribution in [0.1, 0.15) is 45.2 Å². The van der Waals surface area contributed by atoms with E-state index in [1.807, 2.05) is 13.8 Å². The first-order valence-electron chi connectivity index (χ1n) is 8.33. The van der Waals surface area contributed by atoms with Crippen molar-refractivity contribution in [1.82, 2.24) is 10.2 Å². The smallest absolute Gasteiger partial charge is 0.224 e. The summed E-state index contributed by atoms with van der Waals surface area (Å²) < 4.78 is 27.1. The molecule has 0 spiro atoms. The fourth-order valence-corrected chi connectivity index (χ4v) is 2.40. The average molecular weight is 392 g/mol. The number of rotatable bonds is 8. The monoisotopic (exact) mass is 391 g/mol. The molecular weight excluding hydrogens is 364 g/mol. The molecule has 0 radical (unpaired) electrons. The van der Waals surface area contributed by atoms with Gasteiger partial charge < -0.3 is 16.0 Å². The maximum atomic E-state index is 14.0. The van der Waals surface area contributed by atoms with Gasteiger partial charge >= 0.3 is 0 Å². The van der Waals surface area contributed by atoms with E-state index in [2.05, 4.69) is 5.32 Å². The maximum Gasteiger partial charge on any atom is 0.224 e. The van der Waals surface area contributed by atoms with Gasteiger partial charge in [-0.25, -0.2) is 8.78 Å². The number of carbonyl (C=O) groups is 2. The van der Waals surface area contributed by atoms with Gasteiger partial charge in [-0.1, -0.05) is 19.9 Å². The number of nitrogens with one attached hydrogen (secondary N) is 1. The van der Waals surface area contributed by atoms with E-state index < -0.39 is 23.6 Å². The molecule has 0 aliphatic heterocycles. The van der Waals surface area contributed by atoms with Crippen LogP contribution in [-0.2, 0) is 9.59 Å². The maximum absolute atomic E-state index is 14.0. The minimum atomic E-state index is -0.855. The Bertz CT molecular complexity index is 614. The second-order valence-electron chi connectivity index (χ2n) is 6.63. The van der Waals surface area contributed by atoms with Gasteiger partial charge in [-0.05, 0) is 18.4 Å². The van der Waals surface area contributed by atoms with Gasteiger partial charge in [0.25, 0.3) is 0 Å². The number of amides is 2. The van der Waals surface area contributed by atoms with Crippen LogP contribution in [0.4, 0.5) is 8.78 Å². The van der Waals surface area contributed by atoms with Crippen LogP contribution >= 0.6 is 12.4 Å². The van der Waals surface area contributed by atoms with Crippen LogP contribution in [0.2, 0.25) is 0 Å². The molecule has 0 fully saturated rings. The van der Waals surface area contributed by atoms with Crippen molar-refractivity contribution in [3.8, 4) is 0 Å². The van der Waals surface area contributed by atoms with Gasteiger partial charge in [0.05, 0.1) is 12.5 Å². The Morgan fingerprint density at radius 1 is 1.27 bits per heavy atom. The number of benzene rings is 1. The van der Waals surface area contributed by atoms with Crippen molar-refractivity contribution in [2.75, 3.05) is 13.6 Å². The molecule has 0 heterocycles. The van der Waals surface area contributed by atoms with Gasteiger partial charge in [-0.3, -0.25) is 9.59 Å². The summed E-state index contributed by atoms with van der Waals surface area (Å²) in [5.74, 6) is -1.85. The highest BCUT2D eigenvalue weighted by atomic mass is 35.5. The molecule has 1 rings (SSSR count). The van der Waals surface area contributed by atoms with Crippen molar-refractivity contribution in [2.24, 2.45) is 11.7 Å². The van der Waals surface area contributed by atoms with Gasteiger partial charge in [-0.2, -0.15) is 0 Å². The van der Waals surface area contributed by atoms with Crippen molar-refractivity contribution in [3.05, 3.63) is 35.4 Å². The van der Waals surface area contributed by atoms with Crippen molar-refractivity contribution in [2.45, 2.75) is 45.7 Å². The fourth-order valence-electron chi connectivity index (χ4n) is 2.40. The van der Waals surface area contributed by atoms with E-state index in [1.54, 1.807) is 7.05 Å². The van der Waals surface area contributed by atoms with Crippen molar-refractivity contribution < 1.29 is 18.4 Å². The summed E-state index contributed by atoms with van der Waals surface area (Å²) in [5.41, 5.74) is 6.06. The van der Waals surface area contributed by atoms with E-state index in [4.69, 9.17) is 5.73 Å². The van der Waals surface area contributed by atoms with E-state index in [0.717, 1.165) is 12.1 Å². The number of nitrogens with two attached hydrogens (primary N) is 1. The van der Waals surface area contributed by atoms with Crippen LogP contribution in [0.15, 0.2) is 18.2 Å². The predicted octanol–water partition coefficient (Wildman–Crippen LogP) is 2.79. The molecule has 0 saturated heterocycles. The highest BCUT2D eigenvalue weighted by Crippen LogP contribution is 2.22. The molecule has 26 heavy (non-hydrogen) atoms. The molecule has 1 aromatic rings. The number of hydrogen-bond acceptors (Lipinski definition) is 3. The molecule has 2 atom stereocenters. The predicted molar refractivity (Wildman–Crippen MR) is 99.8 cm³/mol. The minimum absolute atomic E-state index is 0. The molecule has 148 valence electrons. The summed E-state index contributed by atoms with van der Waals surface area (Å²) in [6, 6.07) is 2.21. The number of carbonyl (C=O) groups excluding carboxylic acids is 2. The van der Waals surface area contributed by atoms with Crippen LogP contribution in [0, 0.1) is 17.6 Å². The van der Waals surface area contributed by atoms with Crippen LogP contribution in [0.25, 0.3) is 0 Å². The Hall–Kier alpha value is -1.73. The normalized spacial score (nSPS) is 12.9. The summed E-state index contributed by atoms with van der Waals surface area (Å²) >= 11 is 0. The van der Waals surface area contributed by atoms with Crippen LogP contribution in [0.5, 0.6) is 0 Å². The van der Waals surface area contributed by atoms with E-state index in [1.165, 1.54) is 17.9 Å². The van der Waals surface area contributed by atoms with Gasteiger partial charge in [0.15, 0.2) is 0 Å². The van der Waals surface area contributed by atoms with E-state index in [-0.39, 0.29) is 36.3 Å². The zero-order chi connectivity index (χ0) is 19.1. The third-order valence-corrected chi connectivity index (χ3v) is 4.17. The van der Waals surface area contributed by atoms with E-state index >= 15 is 0 Å². The van der Waals surface area contributed by atoms with Gasteiger partial charge in [0, 0.05) is 38.2 Å². The summed E-state index contributed by atoms with van der Waals surface area (Å²) in [4.78, 5) is 25.3. The average Bonchev–Trinajstić information content (AvgIpc) is 2.50. The molecule has 0 aliphatic rings. The first-order valence-corrected chi connectivity index (χ1v) is 8.33. The highest BCUT2D eigenvalue weighted by Gasteiger charge is 2.23. The summed E-state index contributed by atoms with van der Waals surface area (Å²) in [6.45, 7) is 5.77. The third-order valence-electron chi connectivity index (χ3n) is 4.17. The second kappa shape index (κ2) is 11.1. The van der Waals surface area contributed by atoms with Gasteiger partial charge in [0.2, 0.25) is 11.8 Å². The van der Waals surface area contributed by atoms with Gasteiger partial charge in [-0.15, -0.1) is 12.4 Å². The minimum Gasteiger partial charge on any atom is -0.349 e. The lowest BCUT2D eigenvalue weighted by molar-refractivity contribution is -0.130. The molecule has 0 saturated carbocycles. The lowest BCUT2D eigenvalue weighted by atomic mass is 10.0. The topological polar surface area (TPSA) is 75.4 Å². The summed E-state index contributed by atoms with van der Waals surface area (Å²) in [7, 11) is 1.64. The molecular formula is C18H28ClF2N3O2. The standard InChI is InChI=1S/C18H27F2N3O2.ClH/c1-11(2)16(21)7-8-23(4)18(25)10-17(22-12(3)24)14-6-5-13(19)9-15(14)20;/h5-6,9,11,16-17H,7-8,10,21H2,1-4H3,(H,22,24);1H. The molecule has 0 aliphatic carbocycles. The molecule has 5 nitrogen and oxygen atoms in total. The zero-order valence-corrected chi connectivity index (χ0v) is 16.4. The first kappa shape index (κ1) is 24.3.